The SMILES string of the molecule is CCOC(=O)C1=C(CSc2nc(C)ccc2C#N)OC(N)=C(C#N)[C@@H]1c1ccccc1F. The lowest BCUT2D eigenvalue weighted by Crippen LogP contribution is -2.27. The summed E-state index contributed by atoms with van der Waals surface area (Å²) in [6.07, 6.45) is 0. The number of nitrogens with zero attached hydrogens (tertiary/aromatic N) is 3. The van der Waals surface area contributed by atoms with E-state index in [2.05, 4.69) is 11.1 Å². The second-order valence-corrected chi connectivity index (χ2v) is 7.67. The maximum Gasteiger partial charge on any atom is 0.338 e. The van der Waals surface area contributed by atoms with Gasteiger partial charge in [0.25, 0.3) is 0 Å². The summed E-state index contributed by atoms with van der Waals surface area (Å²) in [4.78, 5) is 17.3. The standard InChI is InChI=1S/C23H19FN4O3S/c1-3-30-23(29)20-18(12-32-22-14(10-25)9-8-13(2)28-22)31-21(27)16(11-26)19(20)15-6-4-5-7-17(15)24/h4-9,19H,3,12,27H2,1-2H3/t19-/m0/s1. The predicted molar refractivity (Wildman–Crippen MR) is 115 cm³/mol. The van der Waals surface area contributed by atoms with Gasteiger partial charge in [-0.15, -0.1) is 0 Å². The topological polar surface area (TPSA) is 122 Å². The summed E-state index contributed by atoms with van der Waals surface area (Å²) in [5, 5.41) is 19.5. The number of nitrogens with two attached hydrogens (primary N) is 1. The molecule has 0 bridgehead atoms. The normalized spacial score (nSPS) is 15.6. The molecule has 0 saturated carbocycles. The number of halogens is 1. The van der Waals surface area contributed by atoms with Crippen LogP contribution >= 0.6 is 11.8 Å². The molecule has 0 saturated heterocycles. The fourth-order valence-electron chi connectivity index (χ4n) is 3.24. The van der Waals surface area contributed by atoms with Gasteiger partial charge in [0.2, 0.25) is 5.88 Å². The molecule has 1 aliphatic rings. The van der Waals surface area contributed by atoms with E-state index < -0.39 is 17.7 Å². The number of carbonyl (C=O) groups excluding carboxylic acids is 1. The third kappa shape index (κ3) is 4.58. The van der Waals surface area contributed by atoms with Gasteiger partial charge in [0.1, 0.15) is 34.3 Å². The van der Waals surface area contributed by atoms with Gasteiger partial charge in [0, 0.05) is 11.3 Å². The fraction of sp³-hybridized carbons (Fsp3) is 0.217. The zero-order valence-electron chi connectivity index (χ0n) is 17.4. The Balaban J connectivity index is 2.12. The summed E-state index contributed by atoms with van der Waals surface area (Å²) in [6, 6.07) is 13.2. The molecule has 2 heterocycles. The molecule has 1 aromatic carbocycles. The number of nitriles is 2. The first kappa shape index (κ1) is 22.9. The smallest absolute Gasteiger partial charge is 0.338 e. The molecule has 2 N–H and O–H groups in total. The largest absolute Gasteiger partial charge is 0.463 e. The molecular weight excluding hydrogens is 431 g/mol. The van der Waals surface area contributed by atoms with E-state index in [1.54, 1.807) is 32.0 Å². The van der Waals surface area contributed by atoms with Crippen molar-refractivity contribution in [3.63, 3.8) is 0 Å². The van der Waals surface area contributed by atoms with Gasteiger partial charge in [-0.2, -0.15) is 10.5 Å². The summed E-state index contributed by atoms with van der Waals surface area (Å²) >= 11 is 1.16. The lowest BCUT2D eigenvalue weighted by molar-refractivity contribution is -0.139. The molecule has 0 amide bonds. The maximum atomic E-state index is 14.7. The Hall–Kier alpha value is -3.82. The predicted octanol–water partition coefficient (Wildman–Crippen LogP) is 3.82. The highest BCUT2D eigenvalue weighted by atomic mass is 32.2. The minimum absolute atomic E-state index is 0.0126. The van der Waals surface area contributed by atoms with Crippen molar-refractivity contribution < 1.29 is 18.7 Å². The van der Waals surface area contributed by atoms with Gasteiger partial charge in [-0.25, -0.2) is 14.2 Å². The van der Waals surface area contributed by atoms with Crippen LogP contribution in [0.15, 0.2) is 64.2 Å². The summed E-state index contributed by atoms with van der Waals surface area (Å²) in [6.45, 7) is 3.51. The van der Waals surface area contributed by atoms with Gasteiger partial charge < -0.3 is 15.2 Å². The fourth-order valence-corrected chi connectivity index (χ4v) is 4.20. The first-order chi connectivity index (χ1) is 15.4. The zero-order chi connectivity index (χ0) is 23.3. The number of aromatic nitrogens is 1. The third-order valence-corrected chi connectivity index (χ3v) is 5.66. The van der Waals surface area contributed by atoms with E-state index in [4.69, 9.17) is 15.2 Å². The molecule has 1 aromatic heterocycles. The summed E-state index contributed by atoms with van der Waals surface area (Å²) in [7, 11) is 0. The number of rotatable bonds is 6. The van der Waals surface area contributed by atoms with Gasteiger partial charge in [-0.05, 0) is 32.0 Å². The number of thioether (sulfide) groups is 1. The van der Waals surface area contributed by atoms with E-state index in [9.17, 15) is 19.7 Å². The second kappa shape index (κ2) is 9.99. The molecule has 0 fully saturated rings. The number of esters is 1. The van der Waals surface area contributed by atoms with Crippen LogP contribution in [0.25, 0.3) is 0 Å². The van der Waals surface area contributed by atoms with Crippen LogP contribution in [0, 0.1) is 35.4 Å². The molecule has 3 rings (SSSR count). The molecule has 0 unspecified atom stereocenters. The van der Waals surface area contributed by atoms with Crippen LogP contribution in [0.1, 0.15) is 29.7 Å². The number of pyridine rings is 1. The summed E-state index contributed by atoms with van der Waals surface area (Å²) in [5.41, 5.74) is 7.08. The molecule has 0 radical (unpaired) electrons. The van der Waals surface area contributed by atoms with Crippen molar-refractivity contribution in [1.82, 2.24) is 4.98 Å². The lowest BCUT2D eigenvalue weighted by atomic mass is 9.83. The van der Waals surface area contributed by atoms with E-state index in [1.807, 2.05) is 6.07 Å². The first-order valence-corrected chi connectivity index (χ1v) is 10.6. The molecule has 0 aliphatic carbocycles. The number of allylic oxidation sites excluding steroid dienone is 1. The average molecular weight is 450 g/mol. The van der Waals surface area contributed by atoms with Crippen molar-refractivity contribution in [2.75, 3.05) is 12.4 Å². The van der Waals surface area contributed by atoms with Gasteiger partial charge in [-0.3, -0.25) is 0 Å². The Morgan fingerprint density at radius 1 is 1.28 bits per heavy atom. The third-order valence-electron chi connectivity index (χ3n) is 4.67. The first-order valence-electron chi connectivity index (χ1n) is 9.63. The van der Waals surface area contributed by atoms with E-state index in [1.165, 1.54) is 18.2 Å². The van der Waals surface area contributed by atoms with Crippen LogP contribution in [-0.4, -0.2) is 23.3 Å². The molecule has 7 nitrogen and oxygen atoms in total. The monoisotopic (exact) mass is 450 g/mol. The molecule has 32 heavy (non-hydrogen) atoms. The molecule has 2 aromatic rings. The quantitative estimate of drug-likeness (QED) is 0.521. The van der Waals surface area contributed by atoms with E-state index in [0.717, 1.165) is 11.8 Å². The van der Waals surface area contributed by atoms with E-state index >= 15 is 0 Å². The lowest BCUT2D eigenvalue weighted by Gasteiger charge is -2.28. The van der Waals surface area contributed by atoms with Crippen molar-refractivity contribution >= 4 is 17.7 Å². The zero-order valence-corrected chi connectivity index (χ0v) is 18.2. The van der Waals surface area contributed by atoms with Crippen molar-refractivity contribution in [2.24, 2.45) is 5.73 Å². The maximum absolute atomic E-state index is 14.7. The summed E-state index contributed by atoms with van der Waals surface area (Å²) < 4.78 is 25.6. The number of hydrogen-bond donors (Lipinski definition) is 1. The van der Waals surface area contributed by atoms with Crippen LogP contribution in [0.3, 0.4) is 0 Å². The number of carbonyl (C=O) groups is 1. The summed E-state index contributed by atoms with van der Waals surface area (Å²) in [5.74, 6) is -2.47. The number of hydrogen-bond acceptors (Lipinski definition) is 8. The van der Waals surface area contributed by atoms with E-state index in [-0.39, 0.29) is 40.7 Å². The van der Waals surface area contributed by atoms with Crippen LogP contribution in [-0.2, 0) is 14.3 Å². The van der Waals surface area contributed by atoms with Crippen molar-refractivity contribution in [3.8, 4) is 12.1 Å². The number of benzene rings is 1. The van der Waals surface area contributed by atoms with Gasteiger partial charge in [0.05, 0.1) is 29.4 Å². The Morgan fingerprint density at radius 2 is 2.03 bits per heavy atom. The van der Waals surface area contributed by atoms with Crippen molar-refractivity contribution in [3.05, 3.63) is 81.8 Å². The van der Waals surface area contributed by atoms with Crippen LogP contribution < -0.4 is 5.73 Å². The molecule has 1 aliphatic heterocycles. The second-order valence-electron chi connectivity index (χ2n) is 6.71. The number of ether oxygens (including phenoxy) is 2. The van der Waals surface area contributed by atoms with Gasteiger partial charge in [-0.1, -0.05) is 30.0 Å². The average Bonchev–Trinajstić information content (AvgIpc) is 2.77. The van der Waals surface area contributed by atoms with Crippen molar-refractivity contribution in [1.29, 1.82) is 10.5 Å². The van der Waals surface area contributed by atoms with Crippen molar-refractivity contribution in [2.45, 2.75) is 24.8 Å². The Morgan fingerprint density at radius 3 is 2.69 bits per heavy atom. The minimum atomic E-state index is -1.09. The van der Waals surface area contributed by atoms with Crippen LogP contribution in [0.5, 0.6) is 0 Å². The highest BCUT2D eigenvalue weighted by Gasteiger charge is 2.38. The molecule has 0 spiro atoms. The number of aryl methyl sites for hydroxylation is 1. The molecular formula is C23H19FN4O3S. The molecule has 162 valence electrons. The Bertz CT molecular complexity index is 1210. The Kier molecular flexibility index (Phi) is 7.14. The van der Waals surface area contributed by atoms with Gasteiger partial charge in [0.15, 0.2) is 0 Å². The highest BCUT2D eigenvalue weighted by molar-refractivity contribution is 7.99. The Labute approximate surface area is 189 Å². The molecule has 9 heteroatoms. The van der Waals surface area contributed by atoms with E-state index in [0.29, 0.717) is 16.3 Å². The van der Waals surface area contributed by atoms with Gasteiger partial charge >= 0.3 is 5.97 Å². The van der Waals surface area contributed by atoms with Crippen LogP contribution in [0.2, 0.25) is 0 Å². The van der Waals surface area contributed by atoms with Crippen LogP contribution in [0.4, 0.5) is 4.39 Å². The minimum Gasteiger partial charge on any atom is -0.463 e. The highest BCUT2D eigenvalue weighted by Crippen LogP contribution is 2.42. The molecule has 1 atom stereocenters.